The van der Waals surface area contributed by atoms with E-state index in [9.17, 15) is 43.9 Å². The predicted octanol–water partition coefficient (Wildman–Crippen LogP) is 4.38. The topological polar surface area (TPSA) is 54.5 Å². The molecule has 0 aromatic rings. The van der Waals surface area contributed by atoms with Crippen molar-refractivity contribution in [3.05, 3.63) is 0 Å². The molecule has 1 heterocycles. The Morgan fingerprint density at radius 3 is 2.21 bits per heavy atom. The minimum Gasteiger partial charge on any atom is -0.273 e. The van der Waals surface area contributed by atoms with Crippen LogP contribution in [0.4, 0.5) is 30.7 Å². The molecule has 1 saturated heterocycles. The third kappa shape index (κ3) is 3.02. The lowest BCUT2D eigenvalue weighted by Crippen LogP contribution is -2.54. The van der Waals surface area contributed by atoms with Crippen molar-refractivity contribution in [2.24, 2.45) is 16.7 Å². The van der Waals surface area contributed by atoms with Gasteiger partial charge in [-0.15, -0.1) is 0 Å². The third-order valence-corrected chi connectivity index (χ3v) is 10.0. The Hall–Kier alpha value is -0.340. The van der Waals surface area contributed by atoms with Crippen LogP contribution in [-0.4, -0.2) is 52.4 Å². The second-order valence-electron chi connectivity index (χ2n) is 8.70. The van der Waals surface area contributed by atoms with Gasteiger partial charge in [0.05, 0.1) is 15.7 Å². The Labute approximate surface area is 176 Å². The fraction of sp³-hybridized carbons (Fsp3) is 0.938. The van der Waals surface area contributed by atoms with Crippen LogP contribution in [0.3, 0.4) is 0 Å². The Balaban J connectivity index is 1.87. The zero-order valence-electron chi connectivity index (χ0n) is 15.4. The van der Waals surface area contributed by atoms with Crippen molar-refractivity contribution in [1.82, 2.24) is 4.31 Å². The van der Waals surface area contributed by atoms with Crippen molar-refractivity contribution >= 4 is 38.5 Å². The van der Waals surface area contributed by atoms with Gasteiger partial charge >= 0.3 is 18.0 Å². The van der Waals surface area contributed by atoms with E-state index in [1.165, 1.54) is 0 Å². The number of sulfonamides is 1. The number of fused-ring (bicyclic) bond motifs is 1. The van der Waals surface area contributed by atoms with E-state index in [2.05, 4.69) is 0 Å². The lowest BCUT2D eigenvalue weighted by molar-refractivity contribution is -0.355. The summed E-state index contributed by atoms with van der Waals surface area (Å²) in [6.07, 6.45) is -7.03. The smallest absolute Gasteiger partial charge is 0.273 e. The van der Waals surface area contributed by atoms with E-state index in [0.717, 1.165) is 29.0 Å². The number of carbonyl (C=O) groups excluding carboxylic acids is 1. The molecule has 2 saturated carbocycles. The van der Waals surface area contributed by atoms with Gasteiger partial charge < -0.3 is 0 Å². The summed E-state index contributed by atoms with van der Waals surface area (Å²) in [7, 11) is -4.20. The molecule has 0 aromatic carbocycles. The average Bonchev–Trinajstić information content (AvgIpc) is 2.99. The average molecular weight is 565 g/mol. The summed E-state index contributed by atoms with van der Waals surface area (Å²) < 4.78 is 115. The summed E-state index contributed by atoms with van der Waals surface area (Å²) in [5.41, 5.74) is -1.19. The van der Waals surface area contributed by atoms with Crippen LogP contribution in [-0.2, 0) is 14.8 Å². The van der Waals surface area contributed by atoms with Gasteiger partial charge in [-0.1, -0.05) is 36.4 Å². The van der Waals surface area contributed by atoms with Crippen molar-refractivity contribution in [1.29, 1.82) is 0 Å². The monoisotopic (exact) mass is 565 g/mol. The van der Waals surface area contributed by atoms with E-state index in [1.807, 2.05) is 13.8 Å². The molecular formula is C16H19F7INO3S. The highest BCUT2D eigenvalue weighted by molar-refractivity contribution is 14.1. The molecule has 0 aromatic heterocycles. The van der Waals surface area contributed by atoms with E-state index in [0.29, 0.717) is 17.1 Å². The van der Waals surface area contributed by atoms with Gasteiger partial charge in [-0.25, -0.2) is 12.7 Å². The molecule has 0 unspecified atom stereocenters. The van der Waals surface area contributed by atoms with Crippen LogP contribution in [0.1, 0.15) is 39.5 Å². The third-order valence-electron chi connectivity index (χ3n) is 7.15. The molecule has 2 bridgehead atoms. The number of alkyl halides is 8. The first-order valence-electron chi connectivity index (χ1n) is 8.84. The number of hydrogen-bond donors (Lipinski definition) is 0. The molecule has 29 heavy (non-hydrogen) atoms. The van der Waals surface area contributed by atoms with E-state index in [-0.39, 0.29) is 11.7 Å². The summed E-state index contributed by atoms with van der Waals surface area (Å²) in [5.74, 6) is -13.5. The number of carbonyl (C=O) groups is 1. The minimum absolute atomic E-state index is 0.113. The Bertz CT molecular complexity index is 829. The SMILES string of the molecule is CC1(C)[C@@H]2CC[C@]13CS(=O)(=O)N(C(=O)[C@H](I)CC(F)(F)C(F)(F)C(F)(F)F)[C@H]3C2. The molecule has 1 amide bonds. The Kier molecular flexibility index (Phi) is 5.10. The van der Waals surface area contributed by atoms with E-state index in [4.69, 9.17) is 0 Å². The van der Waals surface area contributed by atoms with Gasteiger partial charge in [-0.05, 0) is 30.6 Å². The molecule has 168 valence electrons. The second kappa shape index (κ2) is 6.35. The van der Waals surface area contributed by atoms with Gasteiger partial charge in [-0.3, -0.25) is 4.79 Å². The molecule has 1 aliphatic heterocycles. The van der Waals surface area contributed by atoms with Gasteiger partial charge in [0.15, 0.2) is 0 Å². The number of nitrogens with zero attached hydrogens (tertiary/aromatic N) is 1. The lowest BCUT2D eigenvalue weighted by Gasteiger charge is -2.37. The first kappa shape index (κ1) is 23.3. The van der Waals surface area contributed by atoms with E-state index < -0.39 is 61.2 Å². The molecule has 13 heteroatoms. The molecule has 1 spiro atoms. The first-order valence-corrected chi connectivity index (χ1v) is 11.7. The van der Waals surface area contributed by atoms with Crippen LogP contribution in [0.5, 0.6) is 0 Å². The molecule has 3 rings (SSSR count). The van der Waals surface area contributed by atoms with Gasteiger partial charge in [0.1, 0.15) is 0 Å². The van der Waals surface area contributed by atoms with Gasteiger partial charge in [0.2, 0.25) is 15.9 Å². The lowest BCUT2D eigenvalue weighted by atomic mass is 9.69. The molecule has 2 aliphatic carbocycles. The number of halogens is 8. The highest BCUT2D eigenvalue weighted by Gasteiger charge is 2.75. The zero-order chi connectivity index (χ0) is 22.4. The first-order chi connectivity index (χ1) is 12.8. The molecule has 3 aliphatic rings. The molecule has 0 N–H and O–H groups in total. The van der Waals surface area contributed by atoms with Crippen LogP contribution >= 0.6 is 22.6 Å². The van der Waals surface area contributed by atoms with Crippen molar-refractivity contribution in [3.63, 3.8) is 0 Å². The maximum absolute atomic E-state index is 13.7. The van der Waals surface area contributed by atoms with Gasteiger partial charge in [-0.2, -0.15) is 30.7 Å². The molecular weight excluding hydrogens is 546 g/mol. The number of rotatable bonds is 4. The van der Waals surface area contributed by atoms with E-state index in [1.54, 1.807) is 0 Å². The summed E-state index contributed by atoms with van der Waals surface area (Å²) in [6.45, 7) is 3.77. The quantitative estimate of drug-likeness (QED) is 0.289. The molecule has 4 nitrogen and oxygen atoms in total. The maximum atomic E-state index is 13.7. The standard InChI is InChI=1S/C16H19F7INO3S/c1-12(2)8-3-4-13(12)7-29(27,28)25(10(13)5-8)11(26)9(24)6-14(17,18)15(19,20)16(21,22)23/h8-10H,3-7H2,1-2H3/t8-,9-,10+,13-/m1/s1. The fourth-order valence-corrected chi connectivity index (χ4v) is 8.98. The largest absolute Gasteiger partial charge is 0.459 e. The fourth-order valence-electron chi connectivity index (χ4n) is 5.37. The summed E-state index contributed by atoms with van der Waals surface area (Å²) in [4.78, 5) is 12.7. The summed E-state index contributed by atoms with van der Waals surface area (Å²) in [6, 6.07) is -0.789. The number of amides is 1. The van der Waals surface area contributed by atoms with Crippen molar-refractivity contribution < 1.29 is 43.9 Å². The molecule has 4 atom stereocenters. The highest BCUT2D eigenvalue weighted by atomic mass is 127. The highest BCUT2D eigenvalue weighted by Crippen LogP contribution is 2.70. The van der Waals surface area contributed by atoms with Crippen LogP contribution in [0.15, 0.2) is 0 Å². The normalized spacial score (nSPS) is 34.3. The summed E-state index contributed by atoms with van der Waals surface area (Å²) >= 11 is 1.02. The molecule has 0 radical (unpaired) electrons. The zero-order valence-corrected chi connectivity index (χ0v) is 18.3. The van der Waals surface area contributed by atoms with Crippen LogP contribution in [0, 0.1) is 16.7 Å². The van der Waals surface area contributed by atoms with Crippen LogP contribution < -0.4 is 0 Å². The number of hydrogen-bond acceptors (Lipinski definition) is 3. The van der Waals surface area contributed by atoms with Crippen LogP contribution in [0.25, 0.3) is 0 Å². The van der Waals surface area contributed by atoms with Crippen molar-refractivity contribution in [2.75, 3.05) is 5.75 Å². The van der Waals surface area contributed by atoms with Crippen LogP contribution in [0.2, 0.25) is 0 Å². The van der Waals surface area contributed by atoms with Crippen molar-refractivity contribution in [3.8, 4) is 0 Å². The minimum atomic E-state index is -6.51. The Morgan fingerprint density at radius 2 is 1.72 bits per heavy atom. The predicted molar refractivity (Wildman–Crippen MR) is 96.3 cm³/mol. The molecule has 3 fully saturated rings. The Morgan fingerprint density at radius 1 is 1.17 bits per heavy atom. The maximum Gasteiger partial charge on any atom is 0.459 e. The van der Waals surface area contributed by atoms with Crippen molar-refractivity contribution in [2.45, 2.75) is 67.5 Å². The van der Waals surface area contributed by atoms with Gasteiger partial charge in [0, 0.05) is 11.8 Å². The summed E-state index contributed by atoms with van der Waals surface area (Å²) in [5, 5.41) is 0. The second-order valence-corrected chi connectivity index (χ2v) is 12.1. The van der Waals surface area contributed by atoms with Gasteiger partial charge in [0.25, 0.3) is 0 Å². The van der Waals surface area contributed by atoms with E-state index >= 15 is 0 Å².